The lowest BCUT2D eigenvalue weighted by molar-refractivity contribution is -0.504. The predicted molar refractivity (Wildman–Crippen MR) is 125 cm³/mol. The Morgan fingerprint density at radius 2 is 2.00 bits per heavy atom. The summed E-state index contributed by atoms with van der Waals surface area (Å²) in [6.45, 7) is 5.49. The van der Waals surface area contributed by atoms with E-state index < -0.39 is 11.9 Å². The van der Waals surface area contributed by atoms with Gasteiger partial charge in [0.05, 0.1) is 18.3 Å². The SMILES string of the molecule is C[C@@]12CC3CC4(n5cc(COc6cccc7c6CN(C6CCC(=O)NC6=O)C7=O)nn5)C[C@](C)(C1)C342. The Kier molecular flexibility index (Phi) is 3.59. The zero-order valence-electron chi connectivity index (χ0n) is 20.5. The molecule has 0 radical (unpaired) electrons. The van der Waals surface area contributed by atoms with E-state index in [0.717, 1.165) is 17.2 Å². The summed E-state index contributed by atoms with van der Waals surface area (Å²) in [6, 6.07) is 4.77. The van der Waals surface area contributed by atoms with Crippen LogP contribution < -0.4 is 10.1 Å². The van der Waals surface area contributed by atoms with Crippen LogP contribution in [0.4, 0.5) is 0 Å². The fourth-order valence-corrected chi connectivity index (χ4v) is 10.4. The molecule has 3 heterocycles. The molecule has 2 aromatic rings. The summed E-state index contributed by atoms with van der Waals surface area (Å²) in [4.78, 5) is 38.5. The van der Waals surface area contributed by atoms with E-state index in [-0.39, 0.29) is 36.9 Å². The molecule has 8 rings (SSSR count). The van der Waals surface area contributed by atoms with Crippen molar-refractivity contribution in [2.45, 2.75) is 77.1 Å². The molecular formula is C27H29N5O4. The number of ether oxygens (including phenoxy) is 1. The highest BCUT2D eigenvalue weighted by atomic mass is 16.5. The molecule has 2 aliphatic heterocycles. The molecular weight excluding hydrogens is 458 g/mol. The number of piperidine rings is 1. The van der Waals surface area contributed by atoms with Crippen LogP contribution >= 0.6 is 0 Å². The van der Waals surface area contributed by atoms with Gasteiger partial charge in [0.15, 0.2) is 0 Å². The second kappa shape index (κ2) is 6.18. The van der Waals surface area contributed by atoms with Crippen molar-refractivity contribution in [1.82, 2.24) is 25.2 Å². The molecule has 9 nitrogen and oxygen atoms in total. The van der Waals surface area contributed by atoms with Gasteiger partial charge in [0.2, 0.25) is 11.8 Å². The molecule has 4 saturated carbocycles. The van der Waals surface area contributed by atoms with E-state index in [4.69, 9.17) is 4.74 Å². The first-order valence-corrected chi connectivity index (χ1v) is 13.0. The van der Waals surface area contributed by atoms with Gasteiger partial charge in [-0.2, -0.15) is 0 Å². The van der Waals surface area contributed by atoms with Gasteiger partial charge in [0.25, 0.3) is 5.91 Å². The number of hydrogen-bond donors (Lipinski definition) is 1. The van der Waals surface area contributed by atoms with E-state index in [2.05, 4.69) is 40.4 Å². The van der Waals surface area contributed by atoms with Crippen molar-refractivity contribution in [3.63, 3.8) is 0 Å². The highest BCUT2D eigenvalue weighted by Crippen LogP contribution is 3.00. The first kappa shape index (κ1) is 20.9. The van der Waals surface area contributed by atoms with Crippen molar-refractivity contribution in [3.05, 3.63) is 41.2 Å². The summed E-state index contributed by atoms with van der Waals surface area (Å²) < 4.78 is 8.31. The van der Waals surface area contributed by atoms with Crippen LogP contribution in [0.5, 0.6) is 5.75 Å². The zero-order valence-corrected chi connectivity index (χ0v) is 20.5. The Morgan fingerprint density at radius 3 is 2.75 bits per heavy atom. The lowest BCUT2D eigenvalue weighted by Crippen LogP contribution is -2.96. The van der Waals surface area contributed by atoms with Crippen LogP contribution in [0, 0.1) is 22.2 Å². The third-order valence-electron chi connectivity index (χ3n) is 10.9. The van der Waals surface area contributed by atoms with E-state index >= 15 is 0 Å². The largest absolute Gasteiger partial charge is 0.487 e. The highest BCUT2D eigenvalue weighted by Gasteiger charge is 2.97. The fourth-order valence-electron chi connectivity index (χ4n) is 10.4. The van der Waals surface area contributed by atoms with Gasteiger partial charge in [-0.1, -0.05) is 25.1 Å². The van der Waals surface area contributed by atoms with E-state index in [9.17, 15) is 14.4 Å². The molecule has 1 spiro atoms. The van der Waals surface area contributed by atoms with Crippen LogP contribution in [0.1, 0.15) is 74.0 Å². The summed E-state index contributed by atoms with van der Waals surface area (Å²) >= 11 is 0. The van der Waals surface area contributed by atoms with Crippen LogP contribution in [0.25, 0.3) is 0 Å². The van der Waals surface area contributed by atoms with Crippen LogP contribution in [0.2, 0.25) is 0 Å². The van der Waals surface area contributed by atoms with Crippen LogP contribution in [-0.2, 0) is 28.3 Å². The smallest absolute Gasteiger partial charge is 0.255 e. The van der Waals surface area contributed by atoms with Crippen LogP contribution in [0.3, 0.4) is 0 Å². The van der Waals surface area contributed by atoms with Gasteiger partial charge in [0.1, 0.15) is 24.1 Å². The number of rotatable bonds is 5. The number of carbonyl (C=O) groups excluding carboxylic acids is 3. The maximum absolute atomic E-state index is 13.1. The van der Waals surface area contributed by atoms with Gasteiger partial charge < -0.3 is 9.64 Å². The molecule has 4 unspecified atom stereocenters. The second-order valence-electron chi connectivity index (χ2n) is 12.5. The monoisotopic (exact) mass is 487 g/mol. The molecule has 9 heteroatoms. The highest BCUT2D eigenvalue weighted by molar-refractivity contribution is 6.05. The van der Waals surface area contributed by atoms with Crippen LogP contribution in [0.15, 0.2) is 24.4 Å². The predicted octanol–water partition coefficient (Wildman–Crippen LogP) is 2.54. The average Bonchev–Trinajstić information content (AvgIpc) is 3.40. The molecule has 0 bridgehead atoms. The minimum atomic E-state index is -0.642. The summed E-state index contributed by atoms with van der Waals surface area (Å²) in [5, 5.41) is 11.4. The van der Waals surface area contributed by atoms with Crippen molar-refractivity contribution in [2.75, 3.05) is 0 Å². The normalized spacial score (nSPS) is 41.2. The number of amides is 3. The lowest BCUT2D eigenvalue weighted by atomic mass is 9.07. The number of nitrogens with one attached hydrogen (secondary N) is 1. The van der Waals surface area contributed by atoms with Gasteiger partial charge in [-0.15, -0.1) is 5.10 Å². The fraction of sp³-hybridized carbons (Fsp3) is 0.593. The molecule has 186 valence electrons. The zero-order chi connectivity index (χ0) is 24.7. The number of carbonyl (C=O) groups is 3. The molecule has 1 aromatic heterocycles. The molecule has 1 aromatic carbocycles. The number of fused-ring (bicyclic) bond motifs is 1. The van der Waals surface area contributed by atoms with Gasteiger partial charge in [-0.3, -0.25) is 19.7 Å². The molecule has 4 aliphatic carbocycles. The molecule has 1 N–H and O–H groups in total. The minimum absolute atomic E-state index is 0.131. The standard InChI is InChI=1S/C27H29N5O4/c1-24-8-15-9-26(14-25(2,13-24)27(15,24)26)32-10-16(29-30-32)12-36-20-5-3-4-17-18(20)11-31(23(17)35)19-6-7-21(33)28-22(19)34/h3-5,10,15,19H,6-9,11-14H2,1-2H3,(H,28,33,34)/t15?,19?,24-,25+,26?,27?/m1/s1. The van der Waals surface area contributed by atoms with E-state index in [1.807, 2.05) is 6.07 Å². The molecule has 1 saturated heterocycles. The Bertz CT molecular complexity index is 1390. The molecule has 36 heavy (non-hydrogen) atoms. The van der Waals surface area contributed by atoms with E-state index in [0.29, 0.717) is 34.0 Å². The molecule has 5 fully saturated rings. The summed E-state index contributed by atoms with van der Waals surface area (Å²) in [5.41, 5.74) is 3.58. The summed E-state index contributed by atoms with van der Waals surface area (Å²) in [6.07, 6.45) is 7.75. The maximum atomic E-state index is 13.1. The Morgan fingerprint density at radius 1 is 1.14 bits per heavy atom. The number of nitrogens with zero attached hydrogens (tertiary/aromatic N) is 4. The van der Waals surface area contributed by atoms with Gasteiger partial charge in [-0.25, -0.2) is 4.68 Å². The van der Waals surface area contributed by atoms with Gasteiger partial charge >= 0.3 is 0 Å². The average molecular weight is 488 g/mol. The Balaban J connectivity index is 1.00. The first-order valence-electron chi connectivity index (χ1n) is 13.0. The third-order valence-corrected chi connectivity index (χ3v) is 10.9. The number of benzene rings is 1. The van der Waals surface area contributed by atoms with Crippen molar-refractivity contribution < 1.29 is 19.1 Å². The molecule has 6 atom stereocenters. The van der Waals surface area contributed by atoms with Gasteiger partial charge in [-0.05, 0) is 61.0 Å². The van der Waals surface area contributed by atoms with Crippen LogP contribution in [-0.4, -0.2) is 43.7 Å². The maximum Gasteiger partial charge on any atom is 0.255 e. The molecule has 6 aliphatic rings. The Hall–Kier alpha value is -3.23. The summed E-state index contributed by atoms with van der Waals surface area (Å²) in [5.74, 6) is 0.554. The van der Waals surface area contributed by atoms with Crippen molar-refractivity contribution >= 4 is 17.7 Å². The van der Waals surface area contributed by atoms with Gasteiger partial charge in [0, 0.05) is 23.0 Å². The van der Waals surface area contributed by atoms with E-state index in [1.54, 1.807) is 17.0 Å². The number of aromatic nitrogens is 3. The summed E-state index contributed by atoms with van der Waals surface area (Å²) in [7, 11) is 0. The lowest BCUT2D eigenvalue weighted by Gasteiger charge is -2.98. The van der Waals surface area contributed by atoms with Crippen molar-refractivity contribution in [1.29, 1.82) is 0 Å². The second-order valence-corrected chi connectivity index (χ2v) is 12.5. The van der Waals surface area contributed by atoms with E-state index in [1.165, 1.54) is 25.7 Å². The topological polar surface area (TPSA) is 106 Å². The number of imide groups is 1. The quantitative estimate of drug-likeness (QED) is 0.650. The minimum Gasteiger partial charge on any atom is -0.487 e. The third kappa shape index (κ3) is 2.07. The Labute approximate surface area is 208 Å². The van der Waals surface area contributed by atoms with Crippen molar-refractivity contribution in [2.24, 2.45) is 22.2 Å². The first-order chi connectivity index (χ1) is 17.2. The number of hydrogen-bond acceptors (Lipinski definition) is 6. The molecule has 3 amide bonds. The van der Waals surface area contributed by atoms with Crippen molar-refractivity contribution in [3.8, 4) is 5.75 Å².